The van der Waals surface area contributed by atoms with Crippen molar-refractivity contribution in [1.29, 1.82) is 5.26 Å². The van der Waals surface area contributed by atoms with Gasteiger partial charge in [-0.1, -0.05) is 18.2 Å². The third-order valence-corrected chi connectivity index (χ3v) is 3.67. The number of ether oxygens (including phenoxy) is 2. The first-order valence-corrected chi connectivity index (χ1v) is 7.70. The zero-order valence-corrected chi connectivity index (χ0v) is 13.3. The maximum atomic E-state index is 14.0. The third kappa shape index (κ3) is 3.78. The van der Waals surface area contributed by atoms with E-state index in [9.17, 15) is 9.18 Å². The molecule has 0 atom stereocenters. The molecule has 25 heavy (non-hydrogen) atoms. The van der Waals surface area contributed by atoms with E-state index in [2.05, 4.69) is 0 Å². The predicted octanol–water partition coefficient (Wildman–Crippen LogP) is 3.51. The zero-order chi connectivity index (χ0) is 17.6. The highest BCUT2D eigenvalue weighted by Gasteiger charge is 2.17. The molecule has 0 spiro atoms. The molecule has 0 radical (unpaired) electrons. The number of halogens is 1. The minimum atomic E-state index is -0.509. The second kappa shape index (κ2) is 7.49. The van der Waals surface area contributed by atoms with Crippen LogP contribution in [0.2, 0.25) is 0 Å². The van der Waals surface area contributed by atoms with E-state index in [-0.39, 0.29) is 25.4 Å². The Morgan fingerprint density at radius 3 is 2.84 bits per heavy atom. The van der Waals surface area contributed by atoms with Gasteiger partial charge in [0.05, 0.1) is 18.2 Å². The Morgan fingerprint density at radius 2 is 2.04 bits per heavy atom. The second-order valence-electron chi connectivity index (χ2n) is 5.30. The number of nitrogens with zero attached hydrogens (tertiary/aromatic N) is 2. The van der Waals surface area contributed by atoms with Crippen molar-refractivity contribution in [2.24, 2.45) is 0 Å². The van der Waals surface area contributed by atoms with Crippen molar-refractivity contribution in [3.8, 4) is 17.6 Å². The fourth-order valence-electron chi connectivity index (χ4n) is 2.46. The van der Waals surface area contributed by atoms with Gasteiger partial charge in [0, 0.05) is 12.6 Å². The van der Waals surface area contributed by atoms with E-state index in [1.165, 1.54) is 23.1 Å². The van der Waals surface area contributed by atoms with E-state index in [0.29, 0.717) is 11.5 Å². The van der Waals surface area contributed by atoms with Crippen molar-refractivity contribution in [3.05, 3.63) is 59.9 Å². The lowest BCUT2D eigenvalue weighted by Crippen LogP contribution is -2.31. The summed E-state index contributed by atoms with van der Waals surface area (Å²) in [6.07, 6.45) is 3.07. The predicted molar refractivity (Wildman–Crippen MR) is 90.6 cm³/mol. The van der Waals surface area contributed by atoms with E-state index in [4.69, 9.17) is 14.7 Å². The van der Waals surface area contributed by atoms with Gasteiger partial charge in [-0.05, 0) is 35.9 Å². The summed E-state index contributed by atoms with van der Waals surface area (Å²) in [6.45, 7) is 0.290. The average molecular weight is 338 g/mol. The van der Waals surface area contributed by atoms with E-state index in [0.717, 1.165) is 5.56 Å². The smallest absolute Gasteiger partial charge is 0.251 e. The fraction of sp³-hybridized carbons (Fsp3) is 0.158. The normalized spacial score (nSPS) is 12.2. The largest absolute Gasteiger partial charge is 0.454 e. The summed E-state index contributed by atoms with van der Waals surface area (Å²) in [7, 11) is 0. The highest BCUT2D eigenvalue weighted by atomic mass is 19.1. The zero-order valence-electron chi connectivity index (χ0n) is 13.3. The van der Waals surface area contributed by atoms with Crippen molar-refractivity contribution in [2.75, 3.05) is 18.2 Å². The highest BCUT2D eigenvalue weighted by molar-refractivity contribution is 6.04. The molecule has 0 saturated carbocycles. The van der Waals surface area contributed by atoms with Gasteiger partial charge in [-0.3, -0.25) is 4.79 Å². The molecule has 1 aliphatic rings. The summed E-state index contributed by atoms with van der Waals surface area (Å²) in [5.74, 6) is 0.360. The average Bonchev–Trinajstić information content (AvgIpc) is 3.09. The number of amides is 1. The fourth-order valence-corrected chi connectivity index (χ4v) is 2.46. The molecular formula is C19H15FN2O3. The first-order chi connectivity index (χ1) is 12.2. The number of para-hydroxylation sites is 1. The van der Waals surface area contributed by atoms with Gasteiger partial charge in [-0.25, -0.2) is 4.39 Å². The van der Waals surface area contributed by atoms with Crippen LogP contribution in [-0.4, -0.2) is 19.2 Å². The monoisotopic (exact) mass is 338 g/mol. The lowest BCUT2D eigenvalue weighted by Gasteiger charge is -2.20. The van der Waals surface area contributed by atoms with Gasteiger partial charge in [-0.2, -0.15) is 5.26 Å². The van der Waals surface area contributed by atoms with E-state index < -0.39 is 11.7 Å². The van der Waals surface area contributed by atoms with Crippen LogP contribution in [0.25, 0.3) is 6.08 Å². The summed E-state index contributed by atoms with van der Waals surface area (Å²) < 4.78 is 24.5. The first-order valence-electron chi connectivity index (χ1n) is 7.70. The number of hydrogen-bond acceptors (Lipinski definition) is 4. The van der Waals surface area contributed by atoms with Crippen molar-refractivity contribution in [3.63, 3.8) is 0 Å². The molecule has 1 amide bonds. The molecular weight excluding hydrogens is 323 g/mol. The molecule has 6 heteroatoms. The number of anilines is 1. The van der Waals surface area contributed by atoms with Crippen LogP contribution in [0.5, 0.6) is 11.5 Å². The van der Waals surface area contributed by atoms with Gasteiger partial charge in [0.15, 0.2) is 11.5 Å². The highest BCUT2D eigenvalue weighted by Crippen LogP contribution is 2.32. The topological polar surface area (TPSA) is 62.6 Å². The van der Waals surface area contributed by atoms with Gasteiger partial charge in [0.25, 0.3) is 5.91 Å². The van der Waals surface area contributed by atoms with Crippen LogP contribution in [0.15, 0.2) is 48.5 Å². The molecule has 0 bridgehead atoms. The second-order valence-corrected chi connectivity index (χ2v) is 5.30. The summed E-state index contributed by atoms with van der Waals surface area (Å²) >= 11 is 0. The van der Waals surface area contributed by atoms with Crippen molar-refractivity contribution in [1.82, 2.24) is 0 Å². The molecule has 0 aliphatic carbocycles. The molecule has 0 unspecified atom stereocenters. The molecule has 0 N–H and O–H groups in total. The van der Waals surface area contributed by atoms with Gasteiger partial charge >= 0.3 is 0 Å². The number of hydrogen-bond donors (Lipinski definition) is 0. The number of carbonyl (C=O) groups is 1. The quantitative estimate of drug-likeness (QED) is 0.783. The first kappa shape index (κ1) is 16.5. The Morgan fingerprint density at radius 1 is 1.24 bits per heavy atom. The van der Waals surface area contributed by atoms with Crippen molar-refractivity contribution < 1.29 is 18.7 Å². The Hall–Kier alpha value is -3.33. The van der Waals surface area contributed by atoms with E-state index in [1.807, 2.05) is 6.07 Å². The van der Waals surface area contributed by atoms with Crippen molar-refractivity contribution in [2.45, 2.75) is 6.42 Å². The molecule has 3 rings (SSSR count). The molecule has 126 valence electrons. The van der Waals surface area contributed by atoms with Gasteiger partial charge in [0.2, 0.25) is 6.79 Å². The number of nitriles is 1. The Labute approximate surface area is 144 Å². The van der Waals surface area contributed by atoms with E-state index >= 15 is 0 Å². The number of rotatable bonds is 5. The molecule has 2 aromatic rings. The minimum absolute atomic E-state index is 0.109. The van der Waals surface area contributed by atoms with Crippen LogP contribution in [0.4, 0.5) is 10.1 Å². The number of benzene rings is 2. The maximum Gasteiger partial charge on any atom is 0.251 e. The molecule has 1 heterocycles. The summed E-state index contributed by atoms with van der Waals surface area (Å²) in [5, 5.41) is 8.79. The van der Waals surface area contributed by atoms with Crippen LogP contribution >= 0.6 is 0 Å². The van der Waals surface area contributed by atoms with Crippen LogP contribution < -0.4 is 14.4 Å². The third-order valence-electron chi connectivity index (χ3n) is 3.67. The number of fused-ring (bicyclic) bond motifs is 1. The van der Waals surface area contributed by atoms with Crippen LogP contribution in [0, 0.1) is 17.1 Å². The molecule has 0 fully saturated rings. The molecule has 5 nitrogen and oxygen atoms in total. The minimum Gasteiger partial charge on any atom is -0.454 e. The van der Waals surface area contributed by atoms with Crippen LogP contribution in [0.1, 0.15) is 12.0 Å². The van der Waals surface area contributed by atoms with Crippen LogP contribution in [-0.2, 0) is 4.79 Å². The molecule has 0 aromatic heterocycles. The SMILES string of the molecule is N#CCCN(C(=O)C=Cc1ccc2c(c1)OCO2)c1ccccc1F. The standard InChI is InChI=1S/C19H15FN2O3/c20-15-4-1-2-5-16(15)22(11-3-10-21)19(23)9-7-14-6-8-17-18(12-14)25-13-24-17/h1-2,4-9,12H,3,11,13H2. The Balaban J connectivity index is 1.80. The Kier molecular flexibility index (Phi) is 4.95. The molecule has 0 saturated heterocycles. The summed E-state index contributed by atoms with van der Waals surface area (Å²) in [5.41, 5.74) is 0.907. The van der Waals surface area contributed by atoms with Crippen molar-refractivity contribution >= 4 is 17.7 Å². The van der Waals surface area contributed by atoms with Gasteiger partial charge in [0.1, 0.15) is 5.82 Å². The number of carbonyl (C=O) groups excluding carboxylic acids is 1. The molecule has 2 aromatic carbocycles. The molecule has 1 aliphatic heterocycles. The Bertz CT molecular complexity index is 858. The lowest BCUT2D eigenvalue weighted by atomic mass is 10.2. The van der Waals surface area contributed by atoms with Crippen LogP contribution in [0.3, 0.4) is 0 Å². The summed E-state index contributed by atoms with van der Waals surface area (Å²) in [6, 6.07) is 13.3. The summed E-state index contributed by atoms with van der Waals surface area (Å²) in [4.78, 5) is 13.8. The van der Waals surface area contributed by atoms with Gasteiger partial charge in [-0.15, -0.1) is 0 Å². The maximum absolute atomic E-state index is 14.0. The van der Waals surface area contributed by atoms with E-state index in [1.54, 1.807) is 36.4 Å². The van der Waals surface area contributed by atoms with Gasteiger partial charge < -0.3 is 14.4 Å². The lowest BCUT2D eigenvalue weighted by molar-refractivity contribution is -0.114.